The molecule has 1 aromatic rings. The zero-order valence-electron chi connectivity index (χ0n) is 6.78. The van der Waals surface area contributed by atoms with E-state index in [1.165, 1.54) is 11.3 Å². The third-order valence-corrected chi connectivity index (χ3v) is 4.87. The second-order valence-electron chi connectivity index (χ2n) is 2.56. The van der Waals surface area contributed by atoms with Crippen molar-refractivity contribution < 1.29 is 15.0 Å². The first kappa shape index (κ1) is 12.1. The highest BCUT2D eigenvalue weighted by molar-refractivity contribution is 9.13. The number of hydrogen-bond donors (Lipinski definition) is 3. The molecule has 0 aliphatic carbocycles. The zero-order chi connectivity index (χ0) is 10.9. The Bertz CT molecular complexity index is 335. The molecule has 0 fully saturated rings. The first-order valence-electron chi connectivity index (χ1n) is 3.53. The molecule has 0 spiro atoms. The van der Waals surface area contributed by atoms with Crippen molar-refractivity contribution in [3.05, 3.63) is 19.2 Å². The third kappa shape index (κ3) is 2.54. The van der Waals surface area contributed by atoms with Gasteiger partial charge in [0.1, 0.15) is 6.10 Å². The average Bonchev–Trinajstić information content (AvgIpc) is 2.44. The highest BCUT2D eigenvalue weighted by Crippen LogP contribution is 2.36. The lowest BCUT2D eigenvalue weighted by atomic mass is 10.1. The molecule has 0 saturated carbocycles. The van der Waals surface area contributed by atoms with Crippen molar-refractivity contribution in [1.29, 1.82) is 0 Å². The largest absolute Gasteiger partial charge is 0.384 e. The predicted molar refractivity (Wildman–Crippen MR) is 59.9 cm³/mol. The molecule has 1 aromatic heterocycles. The van der Waals surface area contributed by atoms with E-state index in [0.717, 1.165) is 8.26 Å². The quantitative estimate of drug-likeness (QED) is 0.769. The van der Waals surface area contributed by atoms with Gasteiger partial charge in [-0.15, -0.1) is 11.3 Å². The number of aliphatic hydroxyl groups excluding tert-OH is 2. The Labute approximate surface area is 101 Å². The first-order chi connectivity index (χ1) is 6.43. The summed E-state index contributed by atoms with van der Waals surface area (Å²) >= 11 is 7.68. The Morgan fingerprint density at radius 2 is 2.07 bits per heavy atom. The van der Waals surface area contributed by atoms with Gasteiger partial charge in [-0.3, -0.25) is 4.79 Å². The van der Waals surface area contributed by atoms with Crippen LogP contribution in [0.15, 0.2) is 14.3 Å². The van der Waals surface area contributed by atoms with E-state index in [-0.39, 0.29) is 0 Å². The van der Waals surface area contributed by atoms with Gasteiger partial charge in [0.05, 0.1) is 3.79 Å². The van der Waals surface area contributed by atoms with Crippen LogP contribution < -0.4 is 5.73 Å². The number of nitrogens with two attached hydrogens (primary N) is 1. The summed E-state index contributed by atoms with van der Waals surface area (Å²) in [4.78, 5) is 11.1. The van der Waals surface area contributed by atoms with Gasteiger partial charge < -0.3 is 15.9 Å². The van der Waals surface area contributed by atoms with Crippen LogP contribution in [0.2, 0.25) is 0 Å². The highest BCUT2D eigenvalue weighted by atomic mass is 79.9. The number of rotatable bonds is 3. The molecule has 2 unspecified atom stereocenters. The molecule has 0 aromatic carbocycles. The summed E-state index contributed by atoms with van der Waals surface area (Å²) in [5, 5.41) is 18.7. The van der Waals surface area contributed by atoms with Gasteiger partial charge in [-0.25, -0.2) is 0 Å². The Balaban J connectivity index is 2.89. The predicted octanol–water partition coefficient (Wildman–Crippen LogP) is 1.15. The van der Waals surface area contributed by atoms with Crippen LogP contribution in [0.3, 0.4) is 0 Å². The number of amides is 1. The van der Waals surface area contributed by atoms with E-state index >= 15 is 0 Å². The minimum Gasteiger partial charge on any atom is -0.384 e. The van der Waals surface area contributed by atoms with Gasteiger partial charge in [0, 0.05) is 9.35 Å². The zero-order valence-corrected chi connectivity index (χ0v) is 10.8. The number of halogens is 2. The molecule has 1 amide bonds. The summed E-state index contributed by atoms with van der Waals surface area (Å²) < 4.78 is 1.54. The number of carbonyl (C=O) groups is 1. The summed E-state index contributed by atoms with van der Waals surface area (Å²) in [5.74, 6) is -0.946. The molecule has 2 atom stereocenters. The fourth-order valence-corrected chi connectivity index (χ4v) is 2.93. The minimum atomic E-state index is -1.58. The van der Waals surface area contributed by atoms with Crippen molar-refractivity contribution in [3.63, 3.8) is 0 Å². The normalized spacial score (nSPS) is 15.1. The first-order valence-corrected chi connectivity index (χ1v) is 5.94. The van der Waals surface area contributed by atoms with Crippen LogP contribution in [-0.4, -0.2) is 22.2 Å². The fourth-order valence-electron chi connectivity index (χ4n) is 0.820. The van der Waals surface area contributed by atoms with Crippen molar-refractivity contribution in [2.75, 3.05) is 0 Å². The number of carbonyl (C=O) groups excluding carboxylic acids is 1. The van der Waals surface area contributed by atoms with E-state index in [1.807, 2.05) is 0 Å². The number of primary amides is 1. The topological polar surface area (TPSA) is 83.6 Å². The summed E-state index contributed by atoms with van der Waals surface area (Å²) in [6, 6.07) is 1.62. The van der Waals surface area contributed by atoms with E-state index in [1.54, 1.807) is 6.07 Å². The standard InChI is InChI=1S/C7H7Br2NO3S/c8-2-1-3(14-6(2)9)4(11)5(12)7(10)13/h1,4-5,11-12H,(H2,10,13). The molecule has 0 aliphatic heterocycles. The molecule has 0 bridgehead atoms. The number of aliphatic hydroxyl groups is 2. The van der Waals surface area contributed by atoms with Gasteiger partial charge in [0.25, 0.3) is 0 Å². The van der Waals surface area contributed by atoms with Crippen LogP contribution in [-0.2, 0) is 4.79 Å². The van der Waals surface area contributed by atoms with Crippen molar-refractivity contribution in [1.82, 2.24) is 0 Å². The van der Waals surface area contributed by atoms with E-state index < -0.39 is 18.1 Å². The van der Waals surface area contributed by atoms with Crippen molar-refractivity contribution in [3.8, 4) is 0 Å². The molecule has 1 heterocycles. The maximum Gasteiger partial charge on any atom is 0.249 e. The fraction of sp³-hybridized carbons (Fsp3) is 0.286. The molecule has 0 saturated heterocycles. The Kier molecular flexibility index (Phi) is 4.08. The van der Waals surface area contributed by atoms with Crippen LogP contribution in [0.5, 0.6) is 0 Å². The number of thiophene rings is 1. The maximum absolute atomic E-state index is 10.6. The number of hydrogen-bond acceptors (Lipinski definition) is 4. The molecule has 1 rings (SSSR count). The summed E-state index contributed by atoms with van der Waals surface area (Å²) in [6.45, 7) is 0. The van der Waals surface area contributed by atoms with E-state index in [0.29, 0.717) is 4.88 Å². The molecule has 7 heteroatoms. The van der Waals surface area contributed by atoms with Gasteiger partial charge in [0.2, 0.25) is 5.91 Å². The van der Waals surface area contributed by atoms with Crippen LogP contribution in [0.4, 0.5) is 0 Å². The van der Waals surface area contributed by atoms with Crippen LogP contribution >= 0.6 is 43.2 Å². The lowest BCUT2D eigenvalue weighted by Crippen LogP contribution is -2.33. The van der Waals surface area contributed by atoms with Gasteiger partial charge in [-0.05, 0) is 37.9 Å². The van der Waals surface area contributed by atoms with Crippen molar-refractivity contribution in [2.24, 2.45) is 5.73 Å². The van der Waals surface area contributed by atoms with E-state index in [2.05, 4.69) is 31.9 Å². The smallest absolute Gasteiger partial charge is 0.249 e. The molecule has 14 heavy (non-hydrogen) atoms. The summed E-state index contributed by atoms with van der Waals surface area (Å²) in [7, 11) is 0. The Hall–Kier alpha value is 0.0500. The van der Waals surface area contributed by atoms with Gasteiger partial charge >= 0.3 is 0 Å². The van der Waals surface area contributed by atoms with E-state index in [9.17, 15) is 15.0 Å². The maximum atomic E-state index is 10.6. The molecule has 0 radical (unpaired) electrons. The lowest BCUT2D eigenvalue weighted by molar-refractivity contribution is -0.131. The molecule has 0 aliphatic rings. The van der Waals surface area contributed by atoms with Crippen LogP contribution in [0.1, 0.15) is 11.0 Å². The van der Waals surface area contributed by atoms with Crippen LogP contribution in [0.25, 0.3) is 0 Å². The second-order valence-corrected chi connectivity index (χ2v) is 5.82. The van der Waals surface area contributed by atoms with Gasteiger partial charge in [-0.1, -0.05) is 0 Å². The summed E-state index contributed by atoms with van der Waals surface area (Å²) in [6.07, 6.45) is -2.85. The molecule has 4 nitrogen and oxygen atoms in total. The highest BCUT2D eigenvalue weighted by Gasteiger charge is 2.25. The Morgan fingerprint density at radius 3 is 2.43 bits per heavy atom. The molecular weight excluding hydrogens is 338 g/mol. The third-order valence-electron chi connectivity index (χ3n) is 1.55. The molecular formula is C7H7Br2NO3S. The van der Waals surface area contributed by atoms with Gasteiger partial charge in [-0.2, -0.15) is 0 Å². The van der Waals surface area contributed by atoms with Crippen LogP contribution in [0, 0.1) is 0 Å². The molecule has 4 N–H and O–H groups in total. The van der Waals surface area contributed by atoms with Gasteiger partial charge in [0.15, 0.2) is 6.10 Å². The Morgan fingerprint density at radius 1 is 1.50 bits per heavy atom. The monoisotopic (exact) mass is 343 g/mol. The minimum absolute atomic E-state index is 0.468. The van der Waals surface area contributed by atoms with Crippen molar-refractivity contribution >= 4 is 49.1 Å². The summed E-state index contributed by atoms with van der Waals surface area (Å²) in [5.41, 5.74) is 4.85. The van der Waals surface area contributed by atoms with Crippen molar-refractivity contribution in [2.45, 2.75) is 12.2 Å². The average molecular weight is 345 g/mol. The molecule has 78 valence electrons. The lowest BCUT2D eigenvalue weighted by Gasteiger charge is -2.12. The second kappa shape index (κ2) is 4.71. The van der Waals surface area contributed by atoms with E-state index in [4.69, 9.17) is 5.73 Å². The SMILES string of the molecule is NC(=O)C(O)C(O)c1cc(Br)c(Br)s1.